The van der Waals surface area contributed by atoms with Crippen molar-refractivity contribution in [2.75, 3.05) is 4.90 Å². The minimum Gasteiger partial charge on any atom is -0.383 e. The maximum Gasteiger partial charge on any atom is 0.158 e. The van der Waals surface area contributed by atoms with E-state index in [2.05, 4.69) is 149 Å². The summed E-state index contributed by atoms with van der Waals surface area (Å²) < 4.78 is 2.36. The second-order valence-electron chi connectivity index (χ2n) is 14.0. The zero-order valence-corrected chi connectivity index (χ0v) is 30.6. The van der Waals surface area contributed by atoms with Crippen LogP contribution in [0.25, 0.3) is 55.2 Å². The molecule has 0 amide bonds. The van der Waals surface area contributed by atoms with Crippen LogP contribution in [0.1, 0.15) is 11.1 Å². The Hall–Kier alpha value is -7.50. The lowest BCUT2D eigenvalue weighted by Crippen LogP contribution is -2.16. The van der Waals surface area contributed by atoms with E-state index in [1.54, 1.807) is 0 Å². The molecule has 10 rings (SSSR count). The fourth-order valence-corrected chi connectivity index (χ4v) is 8.10. The summed E-state index contributed by atoms with van der Waals surface area (Å²) in [5, 5.41) is 2.31. The molecule has 0 unspecified atom stereocenters. The fourth-order valence-electron chi connectivity index (χ4n) is 8.10. The molecule has 0 bridgehead atoms. The summed E-state index contributed by atoms with van der Waals surface area (Å²) >= 11 is 0. The second-order valence-corrected chi connectivity index (χ2v) is 14.0. The van der Waals surface area contributed by atoms with Crippen LogP contribution in [0.2, 0.25) is 0 Å². The quantitative estimate of drug-likeness (QED) is 0.137. The minimum absolute atomic E-state index is 0.308. The van der Waals surface area contributed by atoms with E-state index >= 15 is 0 Å². The predicted molar refractivity (Wildman–Crippen MR) is 234 cm³/mol. The first-order valence-corrected chi connectivity index (χ1v) is 18.9. The standard InChI is InChI=1S/C51H37N5/c52-50(36-19-7-2-8-20-36)54-51(37-21-9-3-10-22-37)53-34-55-46-32-29-38(35-17-5-1-6-18-35)33-45(46)44-31-30-43-41-26-14-13-25-40(41)42-27-15-16-28-47(42)56(49(43)48(44)55)39-23-11-4-12-24-39/h1-33H,34H2,(H2,52,53,54). The molecule has 1 aliphatic heterocycles. The number of fused-ring (bicyclic) bond motifs is 9. The molecule has 0 saturated carbocycles. The van der Waals surface area contributed by atoms with Crippen molar-refractivity contribution in [2.24, 2.45) is 15.7 Å². The van der Waals surface area contributed by atoms with Crippen LogP contribution in [0.4, 0.5) is 17.1 Å². The minimum atomic E-state index is 0.308. The Morgan fingerprint density at radius 2 is 1.07 bits per heavy atom. The van der Waals surface area contributed by atoms with Gasteiger partial charge in [-0.25, -0.2) is 9.98 Å². The molecule has 1 aromatic heterocycles. The Kier molecular flexibility index (Phi) is 8.30. The van der Waals surface area contributed by atoms with Gasteiger partial charge in [0.2, 0.25) is 0 Å². The first-order chi connectivity index (χ1) is 27.7. The van der Waals surface area contributed by atoms with Crippen molar-refractivity contribution in [2.45, 2.75) is 6.67 Å². The van der Waals surface area contributed by atoms with Crippen LogP contribution < -0.4 is 10.6 Å². The SMILES string of the molecule is NC(=N/C(=N\Cn1c2ccc(-c3ccccc3)cc2c2ccc3c(c21)N(c1ccccc1)c1ccccc1-c1ccccc1-3)c1ccccc1)c1ccccc1. The molecule has 9 aromatic rings. The van der Waals surface area contributed by atoms with E-state index < -0.39 is 0 Å². The van der Waals surface area contributed by atoms with Crippen LogP contribution in [-0.2, 0) is 6.67 Å². The molecule has 0 atom stereocenters. The third-order valence-electron chi connectivity index (χ3n) is 10.7. The highest BCUT2D eigenvalue weighted by Gasteiger charge is 2.30. The molecule has 2 heterocycles. The Balaban J connectivity index is 1.29. The van der Waals surface area contributed by atoms with Crippen LogP contribution in [0.15, 0.2) is 210 Å². The Morgan fingerprint density at radius 3 is 1.79 bits per heavy atom. The van der Waals surface area contributed by atoms with Crippen LogP contribution in [0, 0.1) is 0 Å². The third-order valence-corrected chi connectivity index (χ3v) is 10.7. The molecule has 266 valence electrons. The lowest BCUT2D eigenvalue weighted by atomic mass is 9.94. The Morgan fingerprint density at radius 1 is 0.482 bits per heavy atom. The summed E-state index contributed by atoms with van der Waals surface area (Å²) in [6, 6.07) is 70.2. The van der Waals surface area contributed by atoms with E-state index in [9.17, 15) is 0 Å². The summed E-state index contributed by atoms with van der Waals surface area (Å²) in [6.07, 6.45) is 0. The van der Waals surface area contributed by atoms with Gasteiger partial charge in [-0.15, -0.1) is 0 Å². The van der Waals surface area contributed by atoms with Crippen LogP contribution in [0.3, 0.4) is 0 Å². The fraction of sp³-hybridized carbons (Fsp3) is 0.0196. The number of anilines is 3. The molecule has 56 heavy (non-hydrogen) atoms. The third kappa shape index (κ3) is 5.74. The number of benzene rings is 8. The Labute approximate surface area is 326 Å². The van der Waals surface area contributed by atoms with Crippen LogP contribution in [-0.4, -0.2) is 16.2 Å². The topological polar surface area (TPSA) is 58.9 Å². The number of amidine groups is 2. The van der Waals surface area contributed by atoms with Crippen LogP contribution >= 0.6 is 0 Å². The van der Waals surface area contributed by atoms with Crippen molar-refractivity contribution < 1.29 is 0 Å². The first-order valence-electron chi connectivity index (χ1n) is 18.9. The normalized spacial score (nSPS) is 12.6. The van der Waals surface area contributed by atoms with E-state index in [0.717, 1.165) is 61.1 Å². The lowest BCUT2D eigenvalue weighted by molar-refractivity contribution is 0.791. The van der Waals surface area contributed by atoms with Gasteiger partial charge in [0.15, 0.2) is 5.84 Å². The highest BCUT2D eigenvalue weighted by atomic mass is 15.2. The lowest BCUT2D eigenvalue weighted by Gasteiger charge is -2.28. The van der Waals surface area contributed by atoms with Crippen molar-refractivity contribution in [1.82, 2.24) is 4.57 Å². The molecule has 5 nitrogen and oxygen atoms in total. The van der Waals surface area contributed by atoms with Gasteiger partial charge in [0, 0.05) is 38.7 Å². The number of aliphatic imine (C=N–C) groups is 2. The molecule has 0 spiro atoms. The highest BCUT2D eigenvalue weighted by molar-refractivity contribution is 6.19. The molecule has 0 fully saturated rings. The predicted octanol–water partition coefficient (Wildman–Crippen LogP) is 12.4. The number of hydrogen-bond donors (Lipinski definition) is 1. The van der Waals surface area contributed by atoms with Gasteiger partial charge in [-0.1, -0.05) is 170 Å². The first kappa shape index (κ1) is 33.1. The maximum atomic E-state index is 6.67. The second kappa shape index (κ2) is 14.0. The molecule has 5 heteroatoms. The average Bonchev–Trinajstić information content (AvgIpc) is 3.52. The monoisotopic (exact) mass is 719 g/mol. The van der Waals surface area contributed by atoms with Gasteiger partial charge in [-0.05, 0) is 52.6 Å². The molecule has 0 radical (unpaired) electrons. The summed E-state index contributed by atoms with van der Waals surface area (Å²) in [5.41, 5.74) is 21.0. The number of para-hydroxylation sites is 2. The van der Waals surface area contributed by atoms with E-state index in [0.29, 0.717) is 18.3 Å². The van der Waals surface area contributed by atoms with Crippen molar-refractivity contribution in [3.63, 3.8) is 0 Å². The van der Waals surface area contributed by atoms with E-state index in [1.165, 1.54) is 22.3 Å². The molecule has 2 N–H and O–H groups in total. The molecular formula is C51H37N5. The van der Waals surface area contributed by atoms with Gasteiger partial charge in [0.1, 0.15) is 12.5 Å². The van der Waals surface area contributed by atoms with Gasteiger partial charge in [-0.2, -0.15) is 0 Å². The smallest absolute Gasteiger partial charge is 0.158 e. The van der Waals surface area contributed by atoms with E-state index in [-0.39, 0.29) is 0 Å². The van der Waals surface area contributed by atoms with Gasteiger partial charge >= 0.3 is 0 Å². The van der Waals surface area contributed by atoms with Crippen molar-refractivity contribution in [3.8, 4) is 33.4 Å². The van der Waals surface area contributed by atoms with Crippen molar-refractivity contribution in [3.05, 3.63) is 211 Å². The number of rotatable bonds is 6. The van der Waals surface area contributed by atoms with Crippen molar-refractivity contribution in [1.29, 1.82) is 0 Å². The highest BCUT2D eigenvalue weighted by Crippen LogP contribution is 2.54. The summed E-state index contributed by atoms with van der Waals surface area (Å²) in [6.45, 7) is 0.308. The van der Waals surface area contributed by atoms with Gasteiger partial charge in [0.05, 0.1) is 22.4 Å². The summed E-state index contributed by atoms with van der Waals surface area (Å²) in [7, 11) is 0. The molecule has 0 saturated heterocycles. The molecular weight excluding hydrogens is 683 g/mol. The van der Waals surface area contributed by atoms with E-state index in [1.807, 2.05) is 60.7 Å². The number of nitrogens with two attached hydrogens (primary N) is 1. The van der Waals surface area contributed by atoms with Gasteiger partial charge in [-0.3, -0.25) is 0 Å². The average molecular weight is 720 g/mol. The number of hydrogen-bond acceptors (Lipinski definition) is 2. The molecule has 0 aliphatic carbocycles. The van der Waals surface area contributed by atoms with Gasteiger partial charge in [0.25, 0.3) is 0 Å². The summed E-state index contributed by atoms with van der Waals surface area (Å²) in [4.78, 5) is 12.7. The Bertz CT molecular complexity index is 2930. The number of aromatic nitrogens is 1. The molecule has 8 aromatic carbocycles. The zero-order chi connectivity index (χ0) is 37.4. The molecule has 1 aliphatic rings. The van der Waals surface area contributed by atoms with Crippen LogP contribution in [0.5, 0.6) is 0 Å². The number of nitrogens with zero attached hydrogens (tertiary/aromatic N) is 4. The summed E-state index contributed by atoms with van der Waals surface area (Å²) in [5.74, 6) is 0.987. The largest absolute Gasteiger partial charge is 0.383 e. The maximum absolute atomic E-state index is 6.67. The van der Waals surface area contributed by atoms with Gasteiger partial charge < -0.3 is 15.2 Å². The van der Waals surface area contributed by atoms with E-state index in [4.69, 9.17) is 15.7 Å². The zero-order valence-electron chi connectivity index (χ0n) is 30.6. The van der Waals surface area contributed by atoms with Crippen molar-refractivity contribution >= 4 is 50.5 Å².